The van der Waals surface area contributed by atoms with E-state index in [0.29, 0.717) is 22.6 Å². The fourth-order valence-corrected chi connectivity index (χ4v) is 2.45. The van der Waals surface area contributed by atoms with Crippen LogP contribution in [0.4, 0.5) is 0 Å². The maximum absolute atomic E-state index is 11.7. The molecule has 0 spiro atoms. The molecule has 182 valence electrons. The molecule has 0 atom stereocenters. The van der Waals surface area contributed by atoms with E-state index in [1.165, 1.54) is 52.0 Å². The number of carbonyl (C=O) groups excluding carboxylic acids is 2. The van der Waals surface area contributed by atoms with E-state index in [2.05, 4.69) is 0 Å². The quantitative estimate of drug-likeness (QED) is 0.259. The van der Waals surface area contributed by atoms with Gasteiger partial charge in [-0.15, -0.1) is 0 Å². The van der Waals surface area contributed by atoms with E-state index < -0.39 is 17.5 Å². The van der Waals surface area contributed by atoms with Crippen molar-refractivity contribution in [2.75, 3.05) is 19.8 Å². The largest absolute Gasteiger partial charge is 0.491 e. The Bertz CT molecular complexity index is 874. The first-order chi connectivity index (χ1) is 15.3. The molecular weight excluding hydrogens is 432 g/mol. The number of aliphatic hydroxyl groups excluding tert-OH is 2. The molecule has 0 bridgehead atoms. The molecule has 0 aliphatic rings. The van der Waals surface area contributed by atoms with E-state index in [9.17, 15) is 19.8 Å². The molecule has 5 N–H and O–H groups in total. The summed E-state index contributed by atoms with van der Waals surface area (Å²) in [5, 5.41) is 44.9. The van der Waals surface area contributed by atoms with Gasteiger partial charge in [0.2, 0.25) is 0 Å². The first kappa shape index (κ1) is 28.2. The Labute approximate surface area is 192 Å². The van der Waals surface area contributed by atoms with Gasteiger partial charge in [0.05, 0.1) is 6.61 Å². The maximum atomic E-state index is 11.7. The van der Waals surface area contributed by atoms with Gasteiger partial charge in [-0.1, -0.05) is 0 Å². The van der Waals surface area contributed by atoms with Crippen LogP contribution in [0.2, 0.25) is 0 Å². The number of rotatable bonds is 10. The summed E-state index contributed by atoms with van der Waals surface area (Å²) in [6.07, 6.45) is -1.53. The summed E-state index contributed by atoms with van der Waals surface area (Å²) < 4.78 is 10.2. The van der Waals surface area contributed by atoms with Gasteiger partial charge in [-0.05, 0) is 76.2 Å². The fraction of sp³-hybridized carbons (Fsp3) is 0.417. The Kier molecular flexibility index (Phi) is 10.6. The number of aliphatic hydroxyl groups is 5. The Hall–Kier alpha value is -2.82. The lowest BCUT2D eigenvalue weighted by atomic mass is 9.97. The molecule has 0 aliphatic carbocycles. The first-order valence-electron chi connectivity index (χ1n) is 10.2. The molecular formula is C24H32O9. The Morgan fingerprint density at radius 2 is 1.12 bits per heavy atom. The Morgan fingerprint density at radius 1 is 0.758 bits per heavy atom. The number of hydrogen-bond acceptors (Lipinski definition) is 9. The molecule has 0 saturated heterocycles. The van der Waals surface area contributed by atoms with Crippen LogP contribution in [0.3, 0.4) is 0 Å². The number of carbonyl (C=O) groups is 2. The van der Waals surface area contributed by atoms with Crippen molar-refractivity contribution >= 4 is 11.6 Å². The number of benzene rings is 2. The van der Waals surface area contributed by atoms with Gasteiger partial charge in [-0.3, -0.25) is 9.59 Å². The summed E-state index contributed by atoms with van der Waals surface area (Å²) in [5.74, 6) is 0.291. The third-order valence-electron chi connectivity index (χ3n) is 4.10. The monoisotopic (exact) mass is 464 g/mol. The summed E-state index contributed by atoms with van der Waals surface area (Å²) in [5.41, 5.74) is -1.98. The van der Waals surface area contributed by atoms with Crippen LogP contribution in [0.5, 0.6) is 11.5 Å². The molecule has 9 heteroatoms. The van der Waals surface area contributed by atoms with Crippen molar-refractivity contribution in [2.24, 2.45) is 0 Å². The van der Waals surface area contributed by atoms with Gasteiger partial charge in [0, 0.05) is 11.1 Å². The fourth-order valence-electron chi connectivity index (χ4n) is 2.45. The van der Waals surface area contributed by atoms with Crippen molar-refractivity contribution in [3.05, 3.63) is 59.7 Å². The third kappa shape index (κ3) is 10.1. The van der Waals surface area contributed by atoms with Crippen molar-refractivity contribution in [2.45, 2.75) is 45.2 Å². The van der Waals surface area contributed by atoms with Crippen LogP contribution in [0, 0.1) is 0 Å². The highest BCUT2D eigenvalue weighted by molar-refractivity contribution is 6.02. The second-order valence-electron chi connectivity index (χ2n) is 8.19. The van der Waals surface area contributed by atoms with Crippen molar-refractivity contribution in [1.29, 1.82) is 0 Å². The number of ether oxygens (including phenoxy) is 2. The first-order valence-corrected chi connectivity index (χ1v) is 10.2. The van der Waals surface area contributed by atoms with Crippen LogP contribution in [0.1, 0.15) is 48.4 Å². The SMILES string of the molecule is CC(C)(O)C(=O)c1ccc(OCC(O)O)cc1.CC(C)(O)C(=O)c1ccc(OCCO)cc1. The zero-order valence-electron chi connectivity index (χ0n) is 19.2. The molecule has 2 aromatic rings. The minimum absolute atomic E-state index is 0.0512. The van der Waals surface area contributed by atoms with Gasteiger partial charge in [0.15, 0.2) is 17.9 Å². The van der Waals surface area contributed by atoms with Gasteiger partial charge in [-0.2, -0.15) is 0 Å². The normalized spacial score (nSPS) is 11.5. The zero-order chi connectivity index (χ0) is 25.2. The number of Topliss-reactive ketones (excluding diaryl/α,β-unsaturated/α-hetero) is 2. The highest BCUT2D eigenvalue weighted by Gasteiger charge is 2.25. The summed E-state index contributed by atoms with van der Waals surface area (Å²) in [7, 11) is 0. The molecule has 0 unspecified atom stereocenters. The average molecular weight is 465 g/mol. The zero-order valence-corrected chi connectivity index (χ0v) is 19.2. The number of hydrogen-bond donors (Lipinski definition) is 5. The van der Waals surface area contributed by atoms with Gasteiger partial charge >= 0.3 is 0 Å². The number of ketones is 2. The minimum atomic E-state index is -1.53. The molecule has 0 aliphatic heterocycles. The predicted octanol–water partition coefficient (Wildman–Crippen LogP) is 1.34. The van der Waals surface area contributed by atoms with Gasteiger partial charge in [-0.25, -0.2) is 0 Å². The van der Waals surface area contributed by atoms with Gasteiger partial charge < -0.3 is 35.0 Å². The van der Waals surface area contributed by atoms with E-state index in [4.69, 9.17) is 24.8 Å². The second-order valence-corrected chi connectivity index (χ2v) is 8.19. The maximum Gasteiger partial charge on any atom is 0.193 e. The Morgan fingerprint density at radius 3 is 1.42 bits per heavy atom. The third-order valence-corrected chi connectivity index (χ3v) is 4.10. The molecule has 33 heavy (non-hydrogen) atoms. The molecule has 0 heterocycles. The van der Waals surface area contributed by atoms with Crippen LogP contribution in [-0.2, 0) is 0 Å². The lowest BCUT2D eigenvalue weighted by Crippen LogP contribution is -2.31. The summed E-state index contributed by atoms with van der Waals surface area (Å²) >= 11 is 0. The highest BCUT2D eigenvalue weighted by atomic mass is 16.5. The van der Waals surface area contributed by atoms with Gasteiger partial charge in [0.25, 0.3) is 0 Å². The van der Waals surface area contributed by atoms with E-state index >= 15 is 0 Å². The van der Waals surface area contributed by atoms with Crippen molar-refractivity contribution < 1.29 is 44.6 Å². The summed E-state index contributed by atoms with van der Waals surface area (Å²) in [4.78, 5) is 23.3. The molecule has 0 aromatic heterocycles. The van der Waals surface area contributed by atoms with Crippen LogP contribution in [0.25, 0.3) is 0 Å². The van der Waals surface area contributed by atoms with E-state index in [0.717, 1.165) is 0 Å². The molecule has 0 fully saturated rings. The predicted molar refractivity (Wildman–Crippen MR) is 120 cm³/mol. The van der Waals surface area contributed by atoms with Crippen molar-refractivity contribution in [1.82, 2.24) is 0 Å². The van der Waals surface area contributed by atoms with E-state index in [1.807, 2.05) is 0 Å². The van der Waals surface area contributed by atoms with Crippen LogP contribution >= 0.6 is 0 Å². The molecule has 9 nitrogen and oxygen atoms in total. The summed E-state index contributed by atoms with van der Waals surface area (Å²) in [6.45, 7) is 5.67. The molecule has 0 radical (unpaired) electrons. The lowest BCUT2D eigenvalue weighted by Gasteiger charge is -2.15. The molecule has 0 amide bonds. The van der Waals surface area contributed by atoms with Crippen LogP contribution < -0.4 is 9.47 Å². The van der Waals surface area contributed by atoms with E-state index in [-0.39, 0.29) is 31.4 Å². The standard InChI is InChI=1S/C12H16O5.C12H16O4/c1-12(2,16)11(15)8-3-5-9(6-4-8)17-7-10(13)14;1-12(2,15)11(14)9-3-5-10(6-4-9)16-8-7-13/h3-6,10,13-14,16H,7H2,1-2H3;3-6,13,15H,7-8H2,1-2H3. The molecule has 0 saturated carbocycles. The second kappa shape index (κ2) is 12.4. The lowest BCUT2D eigenvalue weighted by molar-refractivity contribution is -0.0680. The van der Waals surface area contributed by atoms with Crippen LogP contribution in [0.15, 0.2) is 48.5 Å². The average Bonchev–Trinajstić information content (AvgIpc) is 2.75. The van der Waals surface area contributed by atoms with E-state index in [1.54, 1.807) is 24.3 Å². The topological polar surface area (TPSA) is 154 Å². The molecule has 2 aromatic carbocycles. The molecule has 2 rings (SSSR count). The van der Waals surface area contributed by atoms with Crippen molar-refractivity contribution in [3.63, 3.8) is 0 Å². The summed E-state index contributed by atoms with van der Waals surface area (Å²) in [6, 6.07) is 12.5. The van der Waals surface area contributed by atoms with Crippen LogP contribution in [-0.4, -0.2) is 74.4 Å². The Balaban J connectivity index is 0.000000331. The van der Waals surface area contributed by atoms with Crippen molar-refractivity contribution in [3.8, 4) is 11.5 Å². The van der Waals surface area contributed by atoms with Gasteiger partial charge in [0.1, 0.15) is 35.9 Å². The highest BCUT2D eigenvalue weighted by Crippen LogP contribution is 2.18. The smallest absolute Gasteiger partial charge is 0.193 e. The minimum Gasteiger partial charge on any atom is -0.491 e.